The van der Waals surface area contributed by atoms with Gasteiger partial charge in [-0.2, -0.15) is 17.4 Å². The highest BCUT2D eigenvalue weighted by Gasteiger charge is 2.32. The number of fused-ring (bicyclic) bond motifs is 1. The summed E-state index contributed by atoms with van der Waals surface area (Å²) in [6.45, 7) is 4.45. The SMILES string of the molecule is CCOC(=O)C1CCN(S(=O)(=O)N[C@H](C)c2cc3ccccc3o2)CC1. The summed E-state index contributed by atoms with van der Waals surface area (Å²) in [6, 6.07) is 8.90. The first-order valence-electron chi connectivity index (χ1n) is 8.83. The van der Waals surface area contributed by atoms with Gasteiger partial charge in [-0.1, -0.05) is 18.2 Å². The van der Waals surface area contributed by atoms with Gasteiger partial charge < -0.3 is 9.15 Å². The lowest BCUT2D eigenvalue weighted by molar-refractivity contribution is -0.149. The van der Waals surface area contributed by atoms with E-state index in [0.29, 0.717) is 38.3 Å². The number of nitrogens with one attached hydrogen (secondary N) is 1. The average Bonchev–Trinajstić information content (AvgIpc) is 3.06. The van der Waals surface area contributed by atoms with Crippen molar-refractivity contribution in [2.75, 3.05) is 19.7 Å². The number of hydrogen-bond donors (Lipinski definition) is 1. The van der Waals surface area contributed by atoms with Crippen LogP contribution in [0.3, 0.4) is 0 Å². The fourth-order valence-corrected chi connectivity index (χ4v) is 4.57. The van der Waals surface area contributed by atoms with Gasteiger partial charge in [-0.15, -0.1) is 0 Å². The fraction of sp³-hybridized carbons (Fsp3) is 0.500. The molecule has 3 rings (SSSR count). The predicted molar refractivity (Wildman–Crippen MR) is 97.6 cm³/mol. The van der Waals surface area contributed by atoms with Crippen LogP contribution in [0.5, 0.6) is 0 Å². The molecule has 0 spiro atoms. The molecule has 0 saturated carbocycles. The molecule has 1 atom stereocenters. The number of hydrogen-bond acceptors (Lipinski definition) is 5. The zero-order valence-electron chi connectivity index (χ0n) is 15.0. The number of carbonyl (C=O) groups is 1. The van der Waals surface area contributed by atoms with Gasteiger partial charge in [0.2, 0.25) is 0 Å². The van der Waals surface area contributed by atoms with E-state index < -0.39 is 16.3 Å². The minimum absolute atomic E-state index is 0.228. The number of esters is 1. The van der Waals surface area contributed by atoms with Crippen LogP contribution in [0.1, 0.15) is 38.5 Å². The van der Waals surface area contributed by atoms with E-state index in [-0.39, 0.29) is 11.9 Å². The molecular formula is C18H24N2O5S. The van der Waals surface area contributed by atoms with Gasteiger partial charge in [0.1, 0.15) is 11.3 Å². The molecule has 1 N–H and O–H groups in total. The van der Waals surface area contributed by atoms with Crippen LogP contribution < -0.4 is 4.72 Å². The molecule has 0 bridgehead atoms. The van der Waals surface area contributed by atoms with Crippen LogP contribution in [0, 0.1) is 5.92 Å². The summed E-state index contributed by atoms with van der Waals surface area (Å²) >= 11 is 0. The van der Waals surface area contributed by atoms with Crippen LogP contribution in [0.25, 0.3) is 11.0 Å². The Bertz CT molecular complexity index is 836. The van der Waals surface area contributed by atoms with E-state index in [4.69, 9.17) is 9.15 Å². The minimum Gasteiger partial charge on any atom is -0.466 e. The standard InChI is InChI=1S/C18H24N2O5S/c1-3-24-18(21)14-8-10-20(11-9-14)26(22,23)19-13(2)17-12-15-6-4-5-7-16(15)25-17/h4-7,12-14,19H,3,8-11H2,1-2H3/t13-/m1/s1. The maximum atomic E-state index is 12.6. The van der Waals surface area contributed by atoms with E-state index >= 15 is 0 Å². The molecule has 1 aliphatic heterocycles. The number of furan rings is 1. The van der Waals surface area contributed by atoms with Crippen molar-refractivity contribution in [3.05, 3.63) is 36.1 Å². The van der Waals surface area contributed by atoms with Crippen LogP contribution in [0.2, 0.25) is 0 Å². The lowest BCUT2D eigenvalue weighted by atomic mass is 9.98. The number of carbonyl (C=O) groups excluding carboxylic acids is 1. The van der Waals surface area contributed by atoms with Crippen LogP contribution in [0.15, 0.2) is 34.7 Å². The zero-order chi connectivity index (χ0) is 18.7. The van der Waals surface area contributed by atoms with Gasteiger partial charge in [0, 0.05) is 18.5 Å². The topological polar surface area (TPSA) is 88.8 Å². The summed E-state index contributed by atoms with van der Waals surface area (Å²) < 4.78 is 40.1. The first kappa shape index (κ1) is 18.9. The molecule has 0 radical (unpaired) electrons. The van der Waals surface area contributed by atoms with E-state index in [1.807, 2.05) is 30.3 Å². The van der Waals surface area contributed by atoms with Crippen LogP contribution >= 0.6 is 0 Å². The Hall–Kier alpha value is -1.90. The third-order valence-electron chi connectivity index (χ3n) is 4.61. The molecular weight excluding hydrogens is 356 g/mol. The number of rotatable bonds is 6. The Morgan fingerprint density at radius 1 is 1.35 bits per heavy atom. The van der Waals surface area contributed by atoms with Gasteiger partial charge >= 0.3 is 5.97 Å². The number of benzene rings is 1. The minimum atomic E-state index is -3.66. The van der Waals surface area contributed by atoms with Gasteiger partial charge in [0.15, 0.2) is 0 Å². The lowest BCUT2D eigenvalue weighted by Gasteiger charge is -2.30. The molecule has 1 aliphatic rings. The monoisotopic (exact) mass is 380 g/mol. The number of piperidine rings is 1. The molecule has 0 amide bonds. The Kier molecular flexibility index (Phi) is 5.64. The van der Waals surface area contributed by atoms with Crippen LogP contribution in [0.4, 0.5) is 0 Å². The molecule has 2 heterocycles. The summed E-state index contributed by atoms with van der Waals surface area (Å²) in [5.41, 5.74) is 0.726. The van der Waals surface area contributed by atoms with Crippen molar-refractivity contribution in [3.63, 3.8) is 0 Å². The number of ether oxygens (including phenoxy) is 1. The number of nitrogens with zero attached hydrogens (tertiary/aromatic N) is 1. The van der Waals surface area contributed by atoms with Crippen molar-refractivity contribution in [3.8, 4) is 0 Å². The average molecular weight is 380 g/mol. The summed E-state index contributed by atoms with van der Waals surface area (Å²) in [5, 5.41) is 0.934. The third-order valence-corrected chi connectivity index (χ3v) is 6.31. The van der Waals surface area contributed by atoms with Crippen LogP contribution in [-0.2, 0) is 19.7 Å². The Balaban J connectivity index is 1.62. The third kappa shape index (κ3) is 4.08. The van der Waals surface area contributed by atoms with Gasteiger partial charge in [-0.3, -0.25) is 4.79 Å². The Morgan fingerprint density at radius 3 is 2.69 bits per heavy atom. The molecule has 1 aromatic carbocycles. The van der Waals surface area contributed by atoms with E-state index in [0.717, 1.165) is 11.0 Å². The molecule has 0 aliphatic carbocycles. The van der Waals surface area contributed by atoms with Gasteiger partial charge in [0.25, 0.3) is 10.2 Å². The Labute approximate surface area is 153 Å². The quantitative estimate of drug-likeness (QED) is 0.778. The molecule has 0 unspecified atom stereocenters. The molecule has 26 heavy (non-hydrogen) atoms. The lowest BCUT2D eigenvalue weighted by Crippen LogP contribution is -2.46. The van der Waals surface area contributed by atoms with Crippen molar-refractivity contribution in [2.24, 2.45) is 5.92 Å². The van der Waals surface area contributed by atoms with Crippen molar-refractivity contribution < 1.29 is 22.4 Å². The summed E-state index contributed by atoms with van der Waals surface area (Å²) in [4.78, 5) is 11.8. The van der Waals surface area contributed by atoms with E-state index in [1.165, 1.54) is 4.31 Å². The summed E-state index contributed by atoms with van der Waals surface area (Å²) in [7, 11) is -3.66. The normalized spacial score (nSPS) is 18.1. The highest BCUT2D eigenvalue weighted by Crippen LogP contribution is 2.25. The second kappa shape index (κ2) is 7.77. The Morgan fingerprint density at radius 2 is 2.04 bits per heavy atom. The van der Waals surface area contributed by atoms with Crippen molar-refractivity contribution in [1.29, 1.82) is 0 Å². The predicted octanol–water partition coefficient (Wildman–Crippen LogP) is 2.60. The van der Waals surface area contributed by atoms with E-state index in [9.17, 15) is 13.2 Å². The largest absolute Gasteiger partial charge is 0.466 e. The number of para-hydroxylation sites is 1. The fourth-order valence-electron chi connectivity index (χ4n) is 3.16. The highest BCUT2D eigenvalue weighted by atomic mass is 32.2. The molecule has 1 aromatic heterocycles. The maximum Gasteiger partial charge on any atom is 0.309 e. The summed E-state index contributed by atoms with van der Waals surface area (Å²) in [5.74, 6) is 0.0959. The second-order valence-corrected chi connectivity index (χ2v) is 8.16. The van der Waals surface area contributed by atoms with E-state index in [1.54, 1.807) is 13.8 Å². The molecule has 1 fully saturated rings. The molecule has 2 aromatic rings. The molecule has 8 heteroatoms. The van der Waals surface area contributed by atoms with Crippen LogP contribution in [-0.4, -0.2) is 38.4 Å². The first-order chi connectivity index (χ1) is 12.4. The van der Waals surface area contributed by atoms with Gasteiger partial charge in [0.05, 0.1) is 18.6 Å². The van der Waals surface area contributed by atoms with Gasteiger partial charge in [-0.25, -0.2) is 0 Å². The zero-order valence-corrected chi connectivity index (χ0v) is 15.8. The highest BCUT2D eigenvalue weighted by molar-refractivity contribution is 7.87. The summed E-state index contributed by atoms with van der Waals surface area (Å²) in [6.07, 6.45) is 0.942. The van der Waals surface area contributed by atoms with Crippen molar-refractivity contribution in [2.45, 2.75) is 32.7 Å². The first-order valence-corrected chi connectivity index (χ1v) is 10.3. The molecule has 1 saturated heterocycles. The second-order valence-electron chi connectivity index (χ2n) is 6.46. The van der Waals surface area contributed by atoms with Crippen molar-refractivity contribution in [1.82, 2.24) is 9.03 Å². The van der Waals surface area contributed by atoms with Gasteiger partial charge in [-0.05, 0) is 38.8 Å². The van der Waals surface area contributed by atoms with Crippen molar-refractivity contribution >= 4 is 27.1 Å². The molecule has 142 valence electrons. The smallest absolute Gasteiger partial charge is 0.309 e. The molecule has 7 nitrogen and oxygen atoms in total. The van der Waals surface area contributed by atoms with E-state index in [2.05, 4.69) is 4.72 Å². The maximum absolute atomic E-state index is 12.6.